The minimum Gasteiger partial charge on any atom is -0.467 e. The largest absolute Gasteiger partial charge is 0.467 e. The van der Waals surface area contributed by atoms with Crippen molar-refractivity contribution in [2.45, 2.75) is 18.8 Å². The van der Waals surface area contributed by atoms with Gasteiger partial charge in [-0.15, -0.1) is 11.6 Å². The topological polar surface area (TPSA) is 55.4 Å². The van der Waals surface area contributed by atoms with Gasteiger partial charge in [-0.05, 0) is 24.6 Å². The molecule has 0 saturated carbocycles. The third-order valence-electron chi connectivity index (χ3n) is 2.25. The summed E-state index contributed by atoms with van der Waals surface area (Å²) < 4.78 is 4.52. The molecule has 1 amide bonds. The first-order chi connectivity index (χ1) is 8.08. The Morgan fingerprint density at radius 3 is 2.76 bits per heavy atom. The monoisotopic (exact) mass is 255 g/mol. The van der Waals surface area contributed by atoms with E-state index in [1.165, 1.54) is 7.11 Å². The van der Waals surface area contributed by atoms with Gasteiger partial charge in [0, 0.05) is 11.4 Å². The number of benzene rings is 1. The maximum absolute atomic E-state index is 11.8. The predicted molar refractivity (Wildman–Crippen MR) is 64.9 cm³/mol. The van der Waals surface area contributed by atoms with Crippen molar-refractivity contribution in [3.63, 3.8) is 0 Å². The van der Waals surface area contributed by atoms with E-state index in [0.29, 0.717) is 11.4 Å². The second-order valence-electron chi connectivity index (χ2n) is 3.55. The second-order valence-corrected chi connectivity index (χ2v) is 3.82. The average Bonchev–Trinajstić information content (AvgIpc) is 2.37. The molecule has 5 heteroatoms. The van der Waals surface area contributed by atoms with Crippen LogP contribution in [0.15, 0.2) is 24.3 Å². The zero-order valence-electron chi connectivity index (χ0n) is 9.70. The molecule has 4 nitrogen and oxygen atoms in total. The highest BCUT2D eigenvalue weighted by atomic mass is 35.5. The molecule has 0 fully saturated rings. The van der Waals surface area contributed by atoms with Crippen LogP contribution in [-0.2, 0) is 15.4 Å². The van der Waals surface area contributed by atoms with Gasteiger partial charge in [0.25, 0.3) is 5.91 Å². The number of hydrogen-bond donors (Lipinski definition) is 1. The molecule has 0 saturated heterocycles. The Labute approximate surface area is 105 Å². The number of rotatable bonds is 4. The maximum Gasteiger partial charge on any atom is 0.328 e. The van der Waals surface area contributed by atoms with Crippen LogP contribution in [0.25, 0.3) is 0 Å². The van der Waals surface area contributed by atoms with E-state index in [2.05, 4.69) is 10.1 Å². The second kappa shape index (κ2) is 6.25. The van der Waals surface area contributed by atoms with Crippen molar-refractivity contribution in [2.24, 2.45) is 0 Å². The predicted octanol–water partition coefficient (Wildman–Crippen LogP) is 1.72. The lowest BCUT2D eigenvalue weighted by Crippen LogP contribution is -2.39. The maximum atomic E-state index is 11.8. The van der Waals surface area contributed by atoms with Gasteiger partial charge in [-0.25, -0.2) is 4.79 Å². The lowest BCUT2D eigenvalue weighted by molar-refractivity contribution is -0.142. The van der Waals surface area contributed by atoms with Crippen molar-refractivity contribution in [3.8, 4) is 0 Å². The Hall–Kier alpha value is -1.55. The van der Waals surface area contributed by atoms with Gasteiger partial charge in [0.1, 0.15) is 6.04 Å². The van der Waals surface area contributed by atoms with Crippen molar-refractivity contribution in [1.82, 2.24) is 5.32 Å². The quantitative estimate of drug-likeness (QED) is 0.658. The van der Waals surface area contributed by atoms with Crippen LogP contribution < -0.4 is 5.32 Å². The van der Waals surface area contributed by atoms with E-state index in [1.807, 2.05) is 6.07 Å². The first-order valence-corrected chi connectivity index (χ1v) is 5.65. The van der Waals surface area contributed by atoms with Crippen molar-refractivity contribution >= 4 is 23.5 Å². The number of methoxy groups -OCH3 is 1. The molecule has 0 heterocycles. The number of ether oxygens (including phenoxy) is 1. The van der Waals surface area contributed by atoms with Crippen LogP contribution >= 0.6 is 11.6 Å². The number of nitrogens with one attached hydrogen (secondary N) is 1. The summed E-state index contributed by atoms with van der Waals surface area (Å²) in [5.74, 6) is -0.463. The fourth-order valence-electron chi connectivity index (χ4n) is 1.31. The number of carbonyl (C=O) groups is 2. The lowest BCUT2D eigenvalue weighted by atomic mass is 10.1. The normalized spacial score (nSPS) is 11.7. The van der Waals surface area contributed by atoms with E-state index in [-0.39, 0.29) is 5.91 Å². The van der Waals surface area contributed by atoms with Gasteiger partial charge < -0.3 is 10.1 Å². The van der Waals surface area contributed by atoms with Gasteiger partial charge in [0.15, 0.2) is 0 Å². The third kappa shape index (κ3) is 3.75. The number of halogens is 1. The van der Waals surface area contributed by atoms with Crippen molar-refractivity contribution in [3.05, 3.63) is 35.4 Å². The summed E-state index contributed by atoms with van der Waals surface area (Å²) in [4.78, 5) is 22.9. The molecule has 0 aliphatic rings. The molecule has 0 aliphatic carbocycles. The summed E-state index contributed by atoms with van der Waals surface area (Å²) in [7, 11) is 1.28. The minimum absolute atomic E-state index is 0.324. The zero-order valence-corrected chi connectivity index (χ0v) is 10.5. The molecule has 1 aromatic carbocycles. The minimum atomic E-state index is -0.674. The van der Waals surface area contributed by atoms with E-state index in [4.69, 9.17) is 11.6 Å². The Bertz CT molecular complexity index is 420. The van der Waals surface area contributed by atoms with Crippen LogP contribution in [0.3, 0.4) is 0 Å². The Morgan fingerprint density at radius 1 is 1.47 bits per heavy atom. The average molecular weight is 256 g/mol. The smallest absolute Gasteiger partial charge is 0.328 e. The van der Waals surface area contributed by atoms with Gasteiger partial charge in [0.2, 0.25) is 0 Å². The standard InChI is InChI=1S/C12H14ClNO3/c1-8(12(16)17-2)14-11(15)10-5-3-4-9(6-10)7-13/h3-6,8H,7H2,1-2H3,(H,14,15). The fourth-order valence-corrected chi connectivity index (χ4v) is 1.48. The molecule has 1 unspecified atom stereocenters. The van der Waals surface area contributed by atoms with Gasteiger partial charge in [-0.1, -0.05) is 12.1 Å². The van der Waals surface area contributed by atoms with Gasteiger partial charge in [0.05, 0.1) is 7.11 Å². The molecule has 92 valence electrons. The van der Waals surface area contributed by atoms with Crippen molar-refractivity contribution in [1.29, 1.82) is 0 Å². The van der Waals surface area contributed by atoms with E-state index in [9.17, 15) is 9.59 Å². The lowest BCUT2D eigenvalue weighted by Gasteiger charge is -2.11. The molecular weight excluding hydrogens is 242 g/mol. The first kappa shape index (κ1) is 13.5. The SMILES string of the molecule is COC(=O)C(C)NC(=O)c1cccc(CCl)c1. The first-order valence-electron chi connectivity index (χ1n) is 5.12. The Balaban J connectivity index is 2.72. The Kier molecular flexibility index (Phi) is 4.97. The van der Waals surface area contributed by atoms with Crippen molar-refractivity contribution in [2.75, 3.05) is 7.11 Å². The molecule has 1 atom stereocenters. The molecule has 1 aromatic rings. The summed E-state index contributed by atoms with van der Waals surface area (Å²) in [6, 6.07) is 6.25. The van der Waals surface area contributed by atoms with E-state index < -0.39 is 12.0 Å². The van der Waals surface area contributed by atoms with Crippen LogP contribution in [-0.4, -0.2) is 25.0 Å². The third-order valence-corrected chi connectivity index (χ3v) is 2.55. The number of hydrogen-bond acceptors (Lipinski definition) is 3. The van der Waals surface area contributed by atoms with Crippen LogP contribution in [0.1, 0.15) is 22.8 Å². The van der Waals surface area contributed by atoms with Crippen LogP contribution in [0.4, 0.5) is 0 Å². The van der Waals surface area contributed by atoms with Crippen LogP contribution in [0, 0.1) is 0 Å². The highest BCUT2D eigenvalue weighted by molar-refractivity contribution is 6.17. The summed E-state index contributed by atoms with van der Waals surface area (Å²) in [5, 5.41) is 2.54. The number of carbonyl (C=O) groups excluding carboxylic acids is 2. The van der Waals surface area contributed by atoms with Gasteiger partial charge in [-0.2, -0.15) is 0 Å². The zero-order chi connectivity index (χ0) is 12.8. The van der Waals surface area contributed by atoms with E-state index >= 15 is 0 Å². The molecule has 17 heavy (non-hydrogen) atoms. The van der Waals surface area contributed by atoms with Crippen LogP contribution in [0.5, 0.6) is 0 Å². The molecule has 0 radical (unpaired) electrons. The van der Waals surface area contributed by atoms with Gasteiger partial charge >= 0.3 is 5.97 Å². The highest BCUT2D eigenvalue weighted by Crippen LogP contribution is 2.08. The van der Waals surface area contributed by atoms with E-state index in [1.54, 1.807) is 25.1 Å². The van der Waals surface area contributed by atoms with Gasteiger partial charge in [-0.3, -0.25) is 4.79 Å². The van der Waals surface area contributed by atoms with Crippen LogP contribution in [0.2, 0.25) is 0 Å². The molecule has 1 N–H and O–H groups in total. The molecule has 0 aliphatic heterocycles. The summed E-state index contributed by atoms with van der Waals surface area (Å²) in [6.45, 7) is 1.56. The summed E-state index contributed by atoms with van der Waals surface area (Å²) >= 11 is 5.68. The van der Waals surface area contributed by atoms with Crippen molar-refractivity contribution < 1.29 is 14.3 Å². The molecule has 0 spiro atoms. The number of alkyl halides is 1. The Morgan fingerprint density at radius 2 is 2.18 bits per heavy atom. The summed E-state index contributed by atoms with van der Waals surface area (Å²) in [6.07, 6.45) is 0. The molecular formula is C12H14ClNO3. The molecule has 1 rings (SSSR count). The number of amides is 1. The fraction of sp³-hybridized carbons (Fsp3) is 0.333. The molecule has 0 aromatic heterocycles. The highest BCUT2D eigenvalue weighted by Gasteiger charge is 2.16. The van der Waals surface area contributed by atoms with E-state index in [0.717, 1.165) is 5.56 Å². The summed E-state index contributed by atoms with van der Waals surface area (Å²) in [5.41, 5.74) is 1.32. The molecule has 0 bridgehead atoms. The number of esters is 1.